The third-order valence-corrected chi connectivity index (χ3v) is 5.24. The standard InChI is InChI=1S/C18H29FN2/c1-20-17(14-15-10-6-7-11-16(15)19)18(21(2)3)12-8-4-5-9-13-18/h6-7,10-11,17,20H,4-5,8-9,12-14H2,1-3H3. The molecule has 0 saturated heterocycles. The van der Waals surface area contributed by atoms with E-state index in [2.05, 4.69) is 24.3 Å². The minimum absolute atomic E-state index is 0.0831. The number of benzene rings is 1. The van der Waals surface area contributed by atoms with Crippen LogP contribution in [0.1, 0.15) is 44.1 Å². The minimum atomic E-state index is -0.0831. The van der Waals surface area contributed by atoms with Gasteiger partial charge in [0.05, 0.1) is 0 Å². The van der Waals surface area contributed by atoms with Gasteiger partial charge in [0.1, 0.15) is 5.82 Å². The molecule has 1 unspecified atom stereocenters. The van der Waals surface area contributed by atoms with Gasteiger partial charge in [0, 0.05) is 11.6 Å². The van der Waals surface area contributed by atoms with Crippen LogP contribution in [0.25, 0.3) is 0 Å². The molecule has 3 heteroatoms. The second-order valence-corrected chi connectivity index (χ2v) is 6.55. The third-order valence-electron chi connectivity index (χ3n) is 5.24. The highest BCUT2D eigenvalue weighted by Crippen LogP contribution is 2.35. The van der Waals surface area contributed by atoms with Gasteiger partial charge in [-0.05, 0) is 52.0 Å². The number of hydrogen-bond acceptors (Lipinski definition) is 2. The number of halogens is 1. The maximum absolute atomic E-state index is 14.0. The molecule has 0 heterocycles. The maximum atomic E-state index is 14.0. The average molecular weight is 292 g/mol. The lowest BCUT2D eigenvalue weighted by Gasteiger charge is -2.46. The summed E-state index contributed by atoms with van der Waals surface area (Å²) in [5, 5.41) is 3.49. The molecule has 1 aliphatic rings. The Balaban J connectivity index is 2.25. The van der Waals surface area contributed by atoms with Crippen molar-refractivity contribution in [2.45, 2.75) is 56.5 Å². The third kappa shape index (κ3) is 3.64. The lowest BCUT2D eigenvalue weighted by Crippen LogP contribution is -2.59. The molecule has 21 heavy (non-hydrogen) atoms. The lowest BCUT2D eigenvalue weighted by atomic mass is 9.78. The monoisotopic (exact) mass is 292 g/mol. The molecule has 2 rings (SSSR count). The topological polar surface area (TPSA) is 15.3 Å². The zero-order valence-corrected chi connectivity index (χ0v) is 13.7. The second kappa shape index (κ2) is 7.37. The maximum Gasteiger partial charge on any atom is 0.126 e. The Labute approximate surface area is 128 Å². The Bertz CT molecular complexity index is 437. The van der Waals surface area contributed by atoms with E-state index in [0.717, 1.165) is 12.0 Å². The van der Waals surface area contributed by atoms with E-state index >= 15 is 0 Å². The summed E-state index contributed by atoms with van der Waals surface area (Å²) in [6.45, 7) is 0. The van der Waals surface area contributed by atoms with Crippen molar-refractivity contribution in [3.8, 4) is 0 Å². The number of nitrogens with zero attached hydrogens (tertiary/aromatic N) is 1. The van der Waals surface area contributed by atoms with Crippen molar-refractivity contribution in [3.05, 3.63) is 35.6 Å². The van der Waals surface area contributed by atoms with E-state index in [0.29, 0.717) is 0 Å². The van der Waals surface area contributed by atoms with Gasteiger partial charge in [-0.3, -0.25) is 0 Å². The van der Waals surface area contributed by atoms with Crippen LogP contribution in [0.3, 0.4) is 0 Å². The summed E-state index contributed by atoms with van der Waals surface area (Å²) in [7, 11) is 6.37. The summed E-state index contributed by atoms with van der Waals surface area (Å²) >= 11 is 0. The van der Waals surface area contributed by atoms with Gasteiger partial charge in [-0.25, -0.2) is 4.39 Å². The second-order valence-electron chi connectivity index (χ2n) is 6.55. The summed E-state index contributed by atoms with van der Waals surface area (Å²) in [5.41, 5.74) is 0.954. The summed E-state index contributed by atoms with van der Waals surface area (Å²) < 4.78 is 14.0. The number of rotatable bonds is 5. The zero-order chi connectivity index (χ0) is 15.3. The fourth-order valence-corrected chi connectivity index (χ4v) is 3.89. The Kier molecular flexibility index (Phi) is 5.77. The first-order valence-electron chi connectivity index (χ1n) is 8.18. The van der Waals surface area contributed by atoms with Gasteiger partial charge >= 0.3 is 0 Å². The van der Waals surface area contributed by atoms with Crippen LogP contribution in [0.15, 0.2) is 24.3 Å². The van der Waals surface area contributed by atoms with Crippen molar-refractivity contribution in [2.24, 2.45) is 0 Å². The van der Waals surface area contributed by atoms with E-state index in [4.69, 9.17) is 0 Å². The highest BCUT2D eigenvalue weighted by atomic mass is 19.1. The molecule has 1 atom stereocenters. The molecule has 1 aliphatic carbocycles. The Hall–Kier alpha value is -0.930. The molecule has 0 radical (unpaired) electrons. The van der Waals surface area contributed by atoms with Crippen molar-refractivity contribution < 1.29 is 4.39 Å². The molecule has 0 spiro atoms. The molecular weight excluding hydrogens is 263 g/mol. The summed E-state index contributed by atoms with van der Waals surface area (Å²) in [6, 6.07) is 7.46. The van der Waals surface area contributed by atoms with Gasteiger partial charge in [0.15, 0.2) is 0 Å². The Morgan fingerprint density at radius 3 is 2.29 bits per heavy atom. The fraction of sp³-hybridized carbons (Fsp3) is 0.667. The molecule has 1 saturated carbocycles. The van der Waals surface area contributed by atoms with E-state index in [1.54, 1.807) is 12.1 Å². The first-order valence-corrected chi connectivity index (χ1v) is 8.18. The highest BCUT2D eigenvalue weighted by molar-refractivity contribution is 5.20. The van der Waals surface area contributed by atoms with Crippen molar-refractivity contribution in [1.29, 1.82) is 0 Å². The van der Waals surface area contributed by atoms with E-state index in [1.807, 2.05) is 19.2 Å². The highest BCUT2D eigenvalue weighted by Gasteiger charge is 2.40. The van der Waals surface area contributed by atoms with Crippen molar-refractivity contribution in [3.63, 3.8) is 0 Å². The molecule has 0 amide bonds. The average Bonchev–Trinajstić information content (AvgIpc) is 2.73. The number of nitrogens with one attached hydrogen (secondary N) is 1. The molecule has 0 aromatic heterocycles. The van der Waals surface area contributed by atoms with Crippen LogP contribution in [0.4, 0.5) is 4.39 Å². The predicted molar refractivity (Wildman–Crippen MR) is 87.1 cm³/mol. The molecule has 1 aromatic rings. The van der Waals surface area contributed by atoms with Crippen molar-refractivity contribution in [2.75, 3.05) is 21.1 Å². The zero-order valence-electron chi connectivity index (χ0n) is 13.7. The van der Waals surface area contributed by atoms with Crippen LogP contribution in [-0.2, 0) is 6.42 Å². The van der Waals surface area contributed by atoms with Gasteiger partial charge in [-0.15, -0.1) is 0 Å². The van der Waals surface area contributed by atoms with E-state index < -0.39 is 0 Å². The normalized spacial score (nSPS) is 20.2. The van der Waals surface area contributed by atoms with Crippen LogP contribution >= 0.6 is 0 Å². The minimum Gasteiger partial charge on any atom is -0.315 e. The van der Waals surface area contributed by atoms with Gasteiger partial charge in [-0.1, -0.05) is 43.9 Å². The fourth-order valence-electron chi connectivity index (χ4n) is 3.89. The van der Waals surface area contributed by atoms with Crippen LogP contribution in [-0.4, -0.2) is 37.6 Å². The van der Waals surface area contributed by atoms with Crippen LogP contribution in [0, 0.1) is 5.82 Å². The van der Waals surface area contributed by atoms with Crippen LogP contribution in [0.2, 0.25) is 0 Å². The summed E-state index contributed by atoms with van der Waals surface area (Å²) in [6.07, 6.45) is 8.33. The van der Waals surface area contributed by atoms with Crippen LogP contribution < -0.4 is 5.32 Å². The Morgan fingerprint density at radius 1 is 1.14 bits per heavy atom. The number of likely N-dealkylation sites (N-methyl/N-ethyl adjacent to an activating group) is 2. The lowest BCUT2D eigenvalue weighted by molar-refractivity contribution is 0.0832. The van der Waals surface area contributed by atoms with Gasteiger partial charge in [0.25, 0.3) is 0 Å². The molecule has 1 N–H and O–H groups in total. The SMILES string of the molecule is CNC(Cc1ccccc1F)C1(N(C)C)CCCCCC1. The first-order chi connectivity index (χ1) is 10.1. The molecule has 0 aliphatic heterocycles. The van der Waals surface area contributed by atoms with Gasteiger partial charge < -0.3 is 10.2 Å². The van der Waals surface area contributed by atoms with E-state index in [1.165, 1.54) is 38.5 Å². The number of hydrogen-bond donors (Lipinski definition) is 1. The van der Waals surface area contributed by atoms with Crippen molar-refractivity contribution >= 4 is 0 Å². The predicted octanol–water partition coefficient (Wildman–Crippen LogP) is 3.61. The van der Waals surface area contributed by atoms with Crippen LogP contribution in [0.5, 0.6) is 0 Å². The van der Waals surface area contributed by atoms with E-state index in [-0.39, 0.29) is 17.4 Å². The van der Waals surface area contributed by atoms with Gasteiger partial charge in [-0.2, -0.15) is 0 Å². The Morgan fingerprint density at radius 2 is 1.76 bits per heavy atom. The quantitative estimate of drug-likeness (QED) is 0.834. The molecule has 1 aromatic carbocycles. The largest absolute Gasteiger partial charge is 0.315 e. The summed E-state index contributed by atoms with van der Waals surface area (Å²) in [4.78, 5) is 2.38. The first kappa shape index (κ1) is 16.4. The molecular formula is C18H29FN2. The van der Waals surface area contributed by atoms with Gasteiger partial charge in [0.2, 0.25) is 0 Å². The van der Waals surface area contributed by atoms with Crippen molar-refractivity contribution in [1.82, 2.24) is 10.2 Å². The molecule has 0 bridgehead atoms. The van der Waals surface area contributed by atoms with E-state index in [9.17, 15) is 4.39 Å². The molecule has 2 nitrogen and oxygen atoms in total. The molecule has 118 valence electrons. The smallest absolute Gasteiger partial charge is 0.126 e. The summed E-state index contributed by atoms with van der Waals surface area (Å²) in [5.74, 6) is -0.0831. The molecule has 1 fully saturated rings.